The zero-order valence-electron chi connectivity index (χ0n) is 29.1. The van der Waals surface area contributed by atoms with Gasteiger partial charge in [-0.25, -0.2) is 0 Å². The molecule has 4 aliphatic rings. The van der Waals surface area contributed by atoms with E-state index in [4.69, 9.17) is 0 Å². The van der Waals surface area contributed by atoms with Crippen LogP contribution in [0.5, 0.6) is 0 Å². The highest BCUT2D eigenvalue weighted by atomic mass is 28.1. The zero-order valence-corrected chi connectivity index (χ0v) is 31.1. The van der Waals surface area contributed by atoms with E-state index in [0.717, 1.165) is 41.0 Å². The van der Waals surface area contributed by atoms with Gasteiger partial charge < -0.3 is 0 Å². The van der Waals surface area contributed by atoms with Crippen LogP contribution in [0, 0.1) is 35.5 Å². The summed E-state index contributed by atoms with van der Waals surface area (Å²) in [5.74, 6) is 6.58. The van der Waals surface area contributed by atoms with Crippen LogP contribution < -0.4 is 0 Å². The van der Waals surface area contributed by atoms with E-state index in [-0.39, 0.29) is 0 Å². The van der Waals surface area contributed by atoms with Crippen molar-refractivity contribution < 1.29 is 0 Å². The zero-order chi connectivity index (χ0) is 29.1. The van der Waals surface area contributed by atoms with Crippen LogP contribution in [0.4, 0.5) is 0 Å². The molecule has 0 amide bonds. The van der Waals surface area contributed by atoms with E-state index >= 15 is 0 Å². The minimum Gasteiger partial charge on any atom is -0.0534 e. The Kier molecular flexibility index (Phi) is 18.3. The van der Waals surface area contributed by atoms with Gasteiger partial charge in [-0.3, -0.25) is 0 Å². The van der Waals surface area contributed by atoms with Gasteiger partial charge in [-0.05, 0) is 48.3 Å². The van der Waals surface area contributed by atoms with Crippen molar-refractivity contribution in [3.05, 3.63) is 0 Å². The lowest BCUT2D eigenvalue weighted by molar-refractivity contribution is 0.0179. The fraction of sp³-hybridized carbons (Fsp3) is 1.00. The van der Waals surface area contributed by atoms with Crippen molar-refractivity contribution >= 4 is 10.2 Å². The van der Waals surface area contributed by atoms with Gasteiger partial charge in [-0.15, -0.1) is 0 Å². The summed E-state index contributed by atoms with van der Waals surface area (Å²) in [6, 6.07) is 0. The number of rotatable bonds is 2. The fourth-order valence-corrected chi connectivity index (χ4v) is 12.1. The van der Waals surface area contributed by atoms with Crippen molar-refractivity contribution in [1.29, 1.82) is 0 Å². The highest BCUT2D eigenvalue weighted by Crippen LogP contribution is 2.54. The molecule has 0 bridgehead atoms. The molecule has 1 heteroatoms. The summed E-state index contributed by atoms with van der Waals surface area (Å²) in [6.07, 6.45) is 52.6. The number of fused-ring (bicyclic) bond motifs is 1. The summed E-state index contributed by atoms with van der Waals surface area (Å²) in [5, 5.41) is 0. The maximum absolute atomic E-state index is 1.66. The first-order valence-corrected chi connectivity index (χ1v) is 22.0. The van der Waals surface area contributed by atoms with Crippen molar-refractivity contribution in [2.45, 2.75) is 224 Å². The Balaban J connectivity index is 1.38. The summed E-state index contributed by atoms with van der Waals surface area (Å²) in [5.41, 5.74) is 1.13. The van der Waals surface area contributed by atoms with Gasteiger partial charge >= 0.3 is 0 Å². The van der Waals surface area contributed by atoms with Crippen molar-refractivity contribution in [1.82, 2.24) is 0 Å². The van der Waals surface area contributed by atoms with Crippen molar-refractivity contribution in [2.75, 3.05) is 0 Å². The van der Waals surface area contributed by atoms with E-state index in [0.29, 0.717) is 0 Å². The molecule has 4 aliphatic carbocycles. The van der Waals surface area contributed by atoms with Gasteiger partial charge in [0, 0.05) is 10.2 Å². The topological polar surface area (TPSA) is 0 Å². The van der Waals surface area contributed by atoms with E-state index in [1.807, 2.05) is 0 Å². The van der Waals surface area contributed by atoms with Crippen LogP contribution in [0.2, 0.25) is 5.54 Å². The van der Waals surface area contributed by atoms with Crippen molar-refractivity contribution in [3.63, 3.8) is 0 Å². The molecule has 4 fully saturated rings. The van der Waals surface area contributed by atoms with Crippen molar-refractivity contribution in [2.24, 2.45) is 35.5 Å². The highest BCUT2D eigenvalue weighted by Gasteiger charge is 2.44. The van der Waals surface area contributed by atoms with Crippen LogP contribution in [-0.4, -0.2) is 10.2 Å². The average molecular weight is 599 g/mol. The largest absolute Gasteiger partial charge is 0.0534 e. The Hall–Kier alpha value is 0.217. The van der Waals surface area contributed by atoms with Gasteiger partial charge in [-0.1, -0.05) is 211 Å². The predicted octanol–water partition coefficient (Wildman–Crippen LogP) is 13.2. The SMILES string of the molecule is [SiH3]C1CCCCCC1C1CC2CCCCCCCCCCCCCCCCCCCCCC2CC1C1CCCCCC1. The second-order valence-electron chi connectivity index (χ2n) is 16.6. The van der Waals surface area contributed by atoms with Crippen LogP contribution in [0.25, 0.3) is 0 Å². The van der Waals surface area contributed by atoms with Crippen LogP contribution in [-0.2, 0) is 0 Å². The molecule has 0 heterocycles. The third-order valence-electron chi connectivity index (χ3n) is 13.5. The lowest BCUT2D eigenvalue weighted by Gasteiger charge is -2.49. The van der Waals surface area contributed by atoms with Crippen LogP contribution in [0.3, 0.4) is 0 Å². The maximum Gasteiger partial charge on any atom is 0.00709 e. The smallest absolute Gasteiger partial charge is 0.00709 e. The molecular formula is C41H78Si. The molecule has 0 aromatic carbocycles. The predicted molar refractivity (Wildman–Crippen MR) is 192 cm³/mol. The number of hydrogen-bond acceptors (Lipinski definition) is 0. The average Bonchev–Trinajstić information content (AvgIpc) is 3.40. The fourth-order valence-electron chi connectivity index (χ4n) is 10.9. The molecule has 246 valence electrons. The number of hydrogen-bond donors (Lipinski definition) is 0. The van der Waals surface area contributed by atoms with Crippen LogP contribution in [0.1, 0.15) is 218 Å². The molecule has 4 saturated carbocycles. The Labute approximate surface area is 268 Å². The van der Waals surface area contributed by atoms with Crippen LogP contribution >= 0.6 is 0 Å². The summed E-state index contributed by atoms with van der Waals surface area (Å²) in [7, 11) is 1.47. The molecule has 0 radical (unpaired) electrons. The minimum atomic E-state index is 1.08. The van der Waals surface area contributed by atoms with Gasteiger partial charge in [0.2, 0.25) is 0 Å². The molecule has 42 heavy (non-hydrogen) atoms. The monoisotopic (exact) mass is 599 g/mol. The molecule has 0 N–H and O–H groups in total. The molecule has 0 nitrogen and oxygen atoms in total. The molecule has 0 aromatic rings. The molecule has 0 aromatic heterocycles. The van der Waals surface area contributed by atoms with E-state index < -0.39 is 0 Å². The van der Waals surface area contributed by atoms with Gasteiger partial charge in [0.15, 0.2) is 0 Å². The van der Waals surface area contributed by atoms with Gasteiger partial charge in [0.25, 0.3) is 0 Å². The summed E-state index contributed by atoms with van der Waals surface area (Å²) in [4.78, 5) is 0. The normalized spacial score (nSPS) is 36.3. The molecular weight excluding hydrogens is 521 g/mol. The molecule has 0 aliphatic heterocycles. The lowest BCUT2D eigenvalue weighted by Crippen LogP contribution is -2.40. The van der Waals surface area contributed by atoms with Gasteiger partial charge in [0.1, 0.15) is 0 Å². The summed E-state index contributed by atoms with van der Waals surface area (Å²) >= 11 is 0. The minimum absolute atomic E-state index is 1.08. The van der Waals surface area contributed by atoms with E-state index in [1.54, 1.807) is 96.3 Å². The van der Waals surface area contributed by atoms with Crippen molar-refractivity contribution in [3.8, 4) is 0 Å². The second-order valence-corrected chi connectivity index (χ2v) is 18.1. The second kappa shape index (κ2) is 21.9. The summed E-state index contributed by atoms with van der Waals surface area (Å²) in [6.45, 7) is 0. The molecule has 4 rings (SSSR count). The van der Waals surface area contributed by atoms with Gasteiger partial charge in [-0.2, -0.15) is 0 Å². The Morgan fingerprint density at radius 3 is 0.952 bits per heavy atom. The van der Waals surface area contributed by atoms with Gasteiger partial charge in [0.05, 0.1) is 0 Å². The van der Waals surface area contributed by atoms with E-state index in [1.165, 1.54) is 132 Å². The Bertz CT molecular complexity index is 635. The highest BCUT2D eigenvalue weighted by molar-refractivity contribution is 6.11. The molecule has 6 atom stereocenters. The summed E-state index contributed by atoms with van der Waals surface area (Å²) < 4.78 is 0. The quantitative estimate of drug-likeness (QED) is 0.219. The van der Waals surface area contributed by atoms with Crippen LogP contribution in [0.15, 0.2) is 0 Å². The maximum atomic E-state index is 1.66. The third kappa shape index (κ3) is 12.9. The molecule has 0 spiro atoms. The Morgan fingerprint density at radius 2 is 0.524 bits per heavy atom. The molecule has 0 saturated heterocycles. The van der Waals surface area contributed by atoms with E-state index in [9.17, 15) is 0 Å². The molecule has 6 unspecified atom stereocenters. The first-order valence-electron chi connectivity index (χ1n) is 20.8. The third-order valence-corrected chi connectivity index (χ3v) is 14.9. The van der Waals surface area contributed by atoms with E-state index in [2.05, 4.69) is 0 Å². The first-order chi connectivity index (χ1) is 20.8. The first kappa shape index (κ1) is 35.1. The lowest BCUT2D eigenvalue weighted by atomic mass is 9.57. The standard InChI is InChI=1S/C41H78Si/c42-41-32-26-20-25-31-38(41)40-34-37-30-24-17-15-13-11-9-7-5-3-1-2-4-6-8-10-12-14-16-23-29-36(37)33-39(40)35-27-21-18-19-22-28-35/h35-41H,1-34H2,42H3. The Morgan fingerprint density at radius 1 is 0.238 bits per heavy atom.